The van der Waals surface area contributed by atoms with E-state index in [0.29, 0.717) is 12.1 Å². The number of nitrogens with one attached hydrogen (secondary N) is 1. The molecule has 0 aliphatic carbocycles. The van der Waals surface area contributed by atoms with Crippen LogP contribution in [-0.2, 0) is 0 Å². The van der Waals surface area contributed by atoms with Gasteiger partial charge < -0.3 is 5.32 Å². The molecule has 0 aliphatic heterocycles. The van der Waals surface area contributed by atoms with Crippen LogP contribution in [0.15, 0.2) is 23.9 Å². The minimum atomic E-state index is -2.47. The highest BCUT2D eigenvalue weighted by Gasteiger charge is 2.00. The van der Waals surface area contributed by atoms with E-state index in [1.165, 1.54) is 0 Å². The van der Waals surface area contributed by atoms with E-state index in [1.54, 1.807) is 6.08 Å². The van der Waals surface area contributed by atoms with Crippen LogP contribution in [0.25, 0.3) is 0 Å². The third kappa shape index (κ3) is 13.1. The Morgan fingerprint density at radius 1 is 1.27 bits per heavy atom. The number of rotatable bonds is 6. The highest BCUT2D eigenvalue weighted by atomic mass is 19.3. The molecule has 0 aliphatic rings. The average Bonchev–Trinajstić information content (AvgIpc) is 2.25. The van der Waals surface area contributed by atoms with Gasteiger partial charge in [-0.05, 0) is 18.9 Å². The maximum Gasteiger partial charge on any atom is 0.312 e. The van der Waals surface area contributed by atoms with Crippen molar-refractivity contribution in [2.45, 2.75) is 53.5 Å². The van der Waals surface area contributed by atoms with E-state index >= 15 is 0 Å². The molecular weight excluding hydrogens is 196 g/mol. The van der Waals surface area contributed by atoms with E-state index < -0.39 is 6.55 Å². The normalized spacial score (nSPS) is 11.5. The van der Waals surface area contributed by atoms with Crippen LogP contribution in [0.1, 0.15) is 47.0 Å². The molecule has 0 rings (SSSR count). The van der Waals surface area contributed by atoms with Crippen LogP contribution in [0.2, 0.25) is 0 Å². The fourth-order valence-corrected chi connectivity index (χ4v) is 0.855. The average molecular weight is 219 g/mol. The van der Waals surface area contributed by atoms with Gasteiger partial charge in [-0.1, -0.05) is 46.3 Å². The van der Waals surface area contributed by atoms with E-state index in [1.807, 2.05) is 32.9 Å². The standard InChI is InChI=1S/C10H17F2N.C2H6/c1-3-5-6-7-8-9(4-2)13-10(11)12;1-2/h6-8,10,13H,3-5H2,1-2H3;1-2H3/b7-6-,9-8-;. The lowest BCUT2D eigenvalue weighted by Gasteiger charge is -2.05. The summed E-state index contributed by atoms with van der Waals surface area (Å²) >= 11 is 0. The first-order valence-corrected chi connectivity index (χ1v) is 5.61. The molecule has 0 fully saturated rings. The summed E-state index contributed by atoms with van der Waals surface area (Å²) in [5.41, 5.74) is 0.572. The molecule has 90 valence electrons. The van der Waals surface area contributed by atoms with Crippen LogP contribution in [0, 0.1) is 0 Å². The molecule has 0 saturated heterocycles. The van der Waals surface area contributed by atoms with Crippen molar-refractivity contribution in [2.75, 3.05) is 0 Å². The number of halogens is 2. The second kappa shape index (κ2) is 13.1. The summed E-state index contributed by atoms with van der Waals surface area (Å²) in [6.45, 7) is 5.45. The lowest BCUT2D eigenvalue weighted by Crippen LogP contribution is -2.18. The minimum absolute atomic E-state index is 0.572. The first-order valence-electron chi connectivity index (χ1n) is 5.61. The van der Waals surface area contributed by atoms with Crippen LogP contribution >= 0.6 is 0 Å². The van der Waals surface area contributed by atoms with Crippen LogP contribution < -0.4 is 5.32 Å². The Morgan fingerprint density at radius 3 is 2.27 bits per heavy atom. The summed E-state index contributed by atoms with van der Waals surface area (Å²) < 4.78 is 23.7. The minimum Gasteiger partial charge on any atom is -0.333 e. The molecule has 0 bridgehead atoms. The molecule has 0 spiro atoms. The van der Waals surface area contributed by atoms with E-state index in [-0.39, 0.29) is 0 Å². The van der Waals surface area contributed by atoms with E-state index in [0.717, 1.165) is 12.8 Å². The molecule has 1 nitrogen and oxygen atoms in total. The van der Waals surface area contributed by atoms with E-state index in [9.17, 15) is 8.78 Å². The van der Waals surface area contributed by atoms with Crippen molar-refractivity contribution in [1.29, 1.82) is 0 Å². The molecule has 3 heteroatoms. The van der Waals surface area contributed by atoms with Gasteiger partial charge in [-0.25, -0.2) is 0 Å². The molecule has 0 amide bonds. The van der Waals surface area contributed by atoms with Crippen molar-refractivity contribution >= 4 is 0 Å². The van der Waals surface area contributed by atoms with Gasteiger partial charge in [-0.2, -0.15) is 8.78 Å². The Bertz CT molecular complexity index is 174. The van der Waals surface area contributed by atoms with Crippen molar-refractivity contribution in [2.24, 2.45) is 0 Å². The molecule has 0 atom stereocenters. The molecule has 0 radical (unpaired) electrons. The first kappa shape index (κ1) is 16.6. The molecule has 15 heavy (non-hydrogen) atoms. The fraction of sp³-hybridized carbons (Fsp3) is 0.667. The van der Waals surface area contributed by atoms with E-state index in [2.05, 4.69) is 12.2 Å². The smallest absolute Gasteiger partial charge is 0.312 e. The zero-order chi connectivity index (χ0) is 12.1. The lowest BCUT2D eigenvalue weighted by atomic mass is 10.2. The Morgan fingerprint density at radius 2 is 1.87 bits per heavy atom. The maximum absolute atomic E-state index is 11.9. The van der Waals surface area contributed by atoms with Crippen molar-refractivity contribution in [3.8, 4) is 0 Å². The molecule has 0 aromatic carbocycles. The fourth-order valence-electron chi connectivity index (χ4n) is 0.855. The maximum atomic E-state index is 11.9. The third-order valence-corrected chi connectivity index (χ3v) is 1.56. The van der Waals surface area contributed by atoms with Gasteiger partial charge in [0.25, 0.3) is 0 Å². The molecule has 0 saturated carbocycles. The van der Waals surface area contributed by atoms with Gasteiger partial charge in [0, 0.05) is 5.70 Å². The SMILES string of the molecule is CC.CCC/C=C\C=C(\CC)NC(F)F. The van der Waals surface area contributed by atoms with Crippen LogP contribution in [0.4, 0.5) is 8.78 Å². The largest absolute Gasteiger partial charge is 0.333 e. The van der Waals surface area contributed by atoms with Gasteiger partial charge in [0.05, 0.1) is 0 Å². The second-order valence-electron chi connectivity index (χ2n) is 2.71. The van der Waals surface area contributed by atoms with Gasteiger partial charge in [0.1, 0.15) is 0 Å². The Balaban J connectivity index is 0. The van der Waals surface area contributed by atoms with Crippen molar-refractivity contribution in [1.82, 2.24) is 5.32 Å². The Hall–Kier alpha value is -0.860. The second-order valence-corrected chi connectivity index (χ2v) is 2.71. The lowest BCUT2D eigenvalue weighted by molar-refractivity contribution is 0.119. The zero-order valence-electron chi connectivity index (χ0n) is 10.2. The predicted octanol–water partition coefficient (Wildman–Crippen LogP) is 4.48. The number of alkyl halides is 2. The van der Waals surface area contributed by atoms with Gasteiger partial charge in [0.2, 0.25) is 0 Å². The predicted molar refractivity (Wildman–Crippen MR) is 62.9 cm³/mol. The molecule has 0 aromatic rings. The summed E-state index contributed by atoms with van der Waals surface area (Å²) in [4.78, 5) is 0. The van der Waals surface area contributed by atoms with E-state index in [4.69, 9.17) is 0 Å². The quantitative estimate of drug-likeness (QED) is 0.513. The third-order valence-electron chi connectivity index (χ3n) is 1.56. The highest BCUT2D eigenvalue weighted by Crippen LogP contribution is 2.00. The summed E-state index contributed by atoms with van der Waals surface area (Å²) in [7, 11) is 0. The van der Waals surface area contributed by atoms with Crippen LogP contribution in [0.3, 0.4) is 0 Å². The summed E-state index contributed by atoms with van der Waals surface area (Å²) in [5, 5.41) is 2.08. The molecule has 0 unspecified atom stereocenters. The first-order chi connectivity index (χ1) is 7.20. The van der Waals surface area contributed by atoms with Crippen molar-refractivity contribution in [3.63, 3.8) is 0 Å². The molecule has 1 N–H and O–H groups in total. The van der Waals surface area contributed by atoms with Gasteiger partial charge in [-0.15, -0.1) is 0 Å². The Kier molecular flexibility index (Phi) is 14.5. The molecular formula is C12H23F2N. The Labute approximate surface area is 92.3 Å². The number of hydrogen-bond acceptors (Lipinski definition) is 1. The monoisotopic (exact) mass is 219 g/mol. The van der Waals surface area contributed by atoms with Gasteiger partial charge in [-0.3, -0.25) is 0 Å². The summed E-state index contributed by atoms with van der Waals surface area (Å²) in [6.07, 6.45) is 8.15. The topological polar surface area (TPSA) is 12.0 Å². The number of hydrogen-bond donors (Lipinski definition) is 1. The summed E-state index contributed by atoms with van der Waals surface area (Å²) in [5.74, 6) is 0. The van der Waals surface area contributed by atoms with Crippen LogP contribution in [0.5, 0.6) is 0 Å². The highest BCUT2D eigenvalue weighted by molar-refractivity contribution is 5.10. The van der Waals surface area contributed by atoms with Crippen molar-refractivity contribution in [3.05, 3.63) is 23.9 Å². The number of unbranched alkanes of at least 4 members (excludes halogenated alkanes) is 1. The number of allylic oxidation sites excluding steroid dienone is 4. The van der Waals surface area contributed by atoms with Crippen molar-refractivity contribution < 1.29 is 8.78 Å². The molecule has 0 heterocycles. The molecule has 0 aromatic heterocycles. The van der Waals surface area contributed by atoms with Gasteiger partial charge >= 0.3 is 6.55 Å². The van der Waals surface area contributed by atoms with Gasteiger partial charge in [0.15, 0.2) is 0 Å². The van der Waals surface area contributed by atoms with Crippen LogP contribution in [-0.4, -0.2) is 6.55 Å². The summed E-state index contributed by atoms with van der Waals surface area (Å²) in [6, 6.07) is 0. The zero-order valence-corrected chi connectivity index (χ0v) is 10.2.